The largest absolute Gasteiger partial charge is 0.479 e. The Balaban J connectivity index is 1.85. The summed E-state index contributed by atoms with van der Waals surface area (Å²) in [6.45, 7) is 2.22. The van der Waals surface area contributed by atoms with E-state index in [2.05, 4.69) is 25.1 Å². The zero-order valence-electron chi connectivity index (χ0n) is 13.0. The van der Waals surface area contributed by atoms with Gasteiger partial charge in [-0.15, -0.1) is 0 Å². The van der Waals surface area contributed by atoms with Gasteiger partial charge in [-0.05, 0) is 36.6 Å². The number of benzene rings is 2. The van der Waals surface area contributed by atoms with Crippen molar-refractivity contribution in [3.05, 3.63) is 65.9 Å². The molecule has 0 spiro atoms. The number of fused-ring (bicyclic) bond motifs is 1. The molecule has 0 amide bonds. The van der Waals surface area contributed by atoms with E-state index in [0.717, 1.165) is 35.7 Å². The standard InChI is InChI=1S/C20H22O2/c1-2-3-5-12-19-20(15-16-10-6-4-7-11-16)22-18-14-9-8-13-17(18)21-19/h4,6-11,13-15,19H,2-3,5,12H2,1H3/b20-15-. The summed E-state index contributed by atoms with van der Waals surface area (Å²) in [6.07, 6.45) is 6.66. The highest BCUT2D eigenvalue weighted by Gasteiger charge is 2.25. The molecule has 0 N–H and O–H groups in total. The van der Waals surface area contributed by atoms with E-state index in [-0.39, 0.29) is 6.10 Å². The lowest BCUT2D eigenvalue weighted by molar-refractivity contribution is 0.139. The fourth-order valence-electron chi connectivity index (χ4n) is 2.65. The first-order chi connectivity index (χ1) is 10.9. The van der Waals surface area contributed by atoms with E-state index in [1.807, 2.05) is 42.5 Å². The predicted molar refractivity (Wildman–Crippen MR) is 90.0 cm³/mol. The summed E-state index contributed by atoms with van der Waals surface area (Å²) in [7, 11) is 0. The van der Waals surface area contributed by atoms with Crippen LogP contribution in [0.5, 0.6) is 11.5 Å². The molecular formula is C20H22O2. The maximum Gasteiger partial charge on any atom is 0.169 e. The van der Waals surface area contributed by atoms with Gasteiger partial charge in [-0.1, -0.05) is 62.2 Å². The van der Waals surface area contributed by atoms with Gasteiger partial charge >= 0.3 is 0 Å². The van der Waals surface area contributed by atoms with Crippen molar-refractivity contribution in [3.8, 4) is 11.5 Å². The summed E-state index contributed by atoms with van der Waals surface area (Å²) in [5.74, 6) is 2.55. The van der Waals surface area contributed by atoms with Crippen molar-refractivity contribution in [1.29, 1.82) is 0 Å². The zero-order chi connectivity index (χ0) is 15.2. The molecule has 22 heavy (non-hydrogen) atoms. The van der Waals surface area contributed by atoms with E-state index in [9.17, 15) is 0 Å². The molecule has 1 atom stereocenters. The molecule has 0 aliphatic carbocycles. The highest BCUT2D eigenvalue weighted by atomic mass is 16.6. The predicted octanol–water partition coefficient (Wildman–Crippen LogP) is 5.45. The van der Waals surface area contributed by atoms with E-state index in [4.69, 9.17) is 9.47 Å². The molecule has 0 saturated heterocycles. The van der Waals surface area contributed by atoms with Crippen LogP contribution in [-0.4, -0.2) is 6.10 Å². The average Bonchev–Trinajstić information content (AvgIpc) is 2.56. The van der Waals surface area contributed by atoms with Crippen LogP contribution in [0.15, 0.2) is 60.4 Å². The first-order valence-electron chi connectivity index (χ1n) is 8.07. The van der Waals surface area contributed by atoms with Crippen molar-refractivity contribution in [2.45, 2.75) is 38.7 Å². The first-order valence-corrected chi connectivity index (χ1v) is 8.07. The normalized spacial score (nSPS) is 18.4. The van der Waals surface area contributed by atoms with Gasteiger partial charge in [0.15, 0.2) is 17.6 Å². The van der Waals surface area contributed by atoms with Gasteiger partial charge in [0, 0.05) is 0 Å². The lowest BCUT2D eigenvalue weighted by atomic mass is 10.1. The van der Waals surface area contributed by atoms with Crippen molar-refractivity contribution >= 4 is 6.08 Å². The number of hydrogen-bond donors (Lipinski definition) is 0. The monoisotopic (exact) mass is 294 g/mol. The second-order valence-corrected chi connectivity index (χ2v) is 5.61. The molecule has 1 unspecified atom stereocenters. The van der Waals surface area contributed by atoms with Crippen LogP contribution in [0.4, 0.5) is 0 Å². The van der Waals surface area contributed by atoms with Crippen molar-refractivity contribution < 1.29 is 9.47 Å². The van der Waals surface area contributed by atoms with Crippen LogP contribution in [0.2, 0.25) is 0 Å². The fourth-order valence-corrected chi connectivity index (χ4v) is 2.65. The molecule has 2 nitrogen and oxygen atoms in total. The van der Waals surface area contributed by atoms with Crippen LogP contribution in [0.3, 0.4) is 0 Å². The van der Waals surface area contributed by atoms with Crippen LogP contribution < -0.4 is 9.47 Å². The van der Waals surface area contributed by atoms with Gasteiger partial charge in [0.1, 0.15) is 5.76 Å². The minimum atomic E-state index is 0.00153. The van der Waals surface area contributed by atoms with Gasteiger partial charge in [-0.25, -0.2) is 0 Å². The summed E-state index contributed by atoms with van der Waals surface area (Å²) in [5.41, 5.74) is 1.14. The molecule has 0 saturated carbocycles. The number of para-hydroxylation sites is 2. The quantitative estimate of drug-likeness (QED) is 0.683. The third-order valence-corrected chi connectivity index (χ3v) is 3.84. The first kappa shape index (κ1) is 14.7. The Bertz CT molecular complexity index is 631. The molecule has 2 aromatic rings. The third-order valence-electron chi connectivity index (χ3n) is 3.84. The number of unbranched alkanes of at least 4 members (excludes halogenated alkanes) is 2. The summed E-state index contributed by atoms with van der Waals surface area (Å²) in [6, 6.07) is 18.1. The van der Waals surface area contributed by atoms with Crippen molar-refractivity contribution in [2.75, 3.05) is 0 Å². The Morgan fingerprint density at radius 2 is 1.64 bits per heavy atom. The van der Waals surface area contributed by atoms with E-state index in [1.165, 1.54) is 12.8 Å². The Morgan fingerprint density at radius 3 is 2.41 bits per heavy atom. The maximum absolute atomic E-state index is 6.17. The smallest absolute Gasteiger partial charge is 0.169 e. The van der Waals surface area contributed by atoms with Crippen LogP contribution in [0.25, 0.3) is 6.08 Å². The molecule has 0 radical (unpaired) electrons. The summed E-state index contributed by atoms with van der Waals surface area (Å²) >= 11 is 0. The Morgan fingerprint density at radius 1 is 0.909 bits per heavy atom. The number of rotatable bonds is 5. The highest BCUT2D eigenvalue weighted by Crippen LogP contribution is 2.37. The van der Waals surface area contributed by atoms with E-state index >= 15 is 0 Å². The molecule has 3 rings (SSSR count). The van der Waals surface area contributed by atoms with Gasteiger partial charge in [-0.3, -0.25) is 0 Å². The molecule has 0 aromatic heterocycles. The molecule has 1 heterocycles. The fraction of sp³-hybridized carbons (Fsp3) is 0.300. The minimum absolute atomic E-state index is 0.00153. The molecule has 2 heteroatoms. The SMILES string of the molecule is CCCCCC1Oc2ccccc2O/C1=C\c1ccccc1. The second kappa shape index (κ2) is 7.17. The van der Waals surface area contributed by atoms with Crippen LogP contribution in [0.1, 0.15) is 38.2 Å². The highest BCUT2D eigenvalue weighted by molar-refractivity contribution is 5.55. The minimum Gasteiger partial charge on any atom is -0.479 e. The molecule has 0 bridgehead atoms. The zero-order valence-corrected chi connectivity index (χ0v) is 13.0. The summed E-state index contributed by atoms with van der Waals surface area (Å²) < 4.78 is 12.3. The molecule has 0 fully saturated rings. The summed E-state index contributed by atoms with van der Waals surface area (Å²) in [5, 5.41) is 0. The van der Waals surface area contributed by atoms with Crippen molar-refractivity contribution in [1.82, 2.24) is 0 Å². The van der Waals surface area contributed by atoms with Crippen molar-refractivity contribution in [3.63, 3.8) is 0 Å². The second-order valence-electron chi connectivity index (χ2n) is 5.61. The van der Waals surface area contributed by atoms with Crippen LogP contribution in [-0.2, 0) is 0 Å². The lowest BCUT2D eigenvalue weighted by Gasteiger charge is -2.28. The average molecular weight is 294 g/mol. The van der Waals surface area contributed by atoms with E-state index < -0.39 is 0 Å². The number of hydrogen-bond acceptors (Lipinski definition) is 2. The van der Waals surface area contributed by atoms with Gasteiger partial charge in [0.2, 0.25) is 0 Å². The van der Waals surface area contributed by atoms with E-state index in [0.29, 0.717) is 0 Å². The molecule has 1 aliphatic rings. The Labute approximate surface area is 132 Å². The Hall–Kier alpha value is -2.22. The topological polar surface area (TPSA) is 18.5 Å². The van der Waals surface area contributed by atoms with E-state index in [1.54, 1.807) is 0 Å². The summed E-state index contributed by atoms with van der Waals surface area (Å²) in [4.78, 5) is 0. The van der Waals surface area contributed by atoms with Gasteiger partial charge < -0.3 is 9.47 Å². The van der Waals surface area contributed by atoms with Crippen LogP contribution >= 0.6 is 0 Å². The lowest BCUT2D eigenvalue weighted by Crippen LogP contribution is -2.27. The van der Waals surface area contributed by atoms with Crippen LogP contribution in [0, 0.1) is 0 Å². The molecule has 1 aliphatic heterocycles. The third kappa shape index (κ3) is 3.51. The molecule has 2 aromatic carbocycles. The molecule has 114 valence electrons. The Kier molecular flexibility index (Phi) is 4.79. The van der Waals surface area contributed by atoms with Gasteiger partial charge in [0.25, 0.3) is 0 Å². The van der Waals surface area contributed by atoms with Gasteiger partial charge in [0.05, 0.1) is 0 Å². The number of ether oxygens (including phenoxy) is 2. The molecular weight excluding hydrogens is 272 g/mol. The van der Waals surface area contributed by atoms with Gasteiger partial charge in [-0.2, -0.15) is 0 Å². The van der Waals surface area contributed by atoms with Crippen molar-refractivity contribution in [2.24, 2.45) is 0 Å². The maximum atomic E-state index is 6.17.